The number of morpholine rings is 1. The van der Waals surface area contributed by atoms with Gasteiger partial charge in [0.05, 0.1) is 20.3 Å². The molecule has 1 saturated heterocycles. The van der Waals surface area contributed by atoms with Crippen LogP contribution in [0.1, 0.15) is 0 Å². The predicted molar refractivity (Wildman–Crippen MR) is 113 cm³/mol. The maximum Gasteiger partial charge on any atom is 0.231 e. The number of fused-ring (bicyclic) bond motifs is 1. The number of rotatable bonds is 6. The van der Waals surface area contributed by atoms with Crippen molar-refractivity contribution in [2.45, 2.75) is 6.54 Å². The lowest BCUT2D eigenvalue weighted by Gasteiger charge is -2.26. The van der Waals surface area contributed by atoms with E-state index in [-0.39, 0.29) is 6.79 Å². The summed E-state index contributed by atoms with van der Waals surface area (Å²) in [6.45, 7) is 5.74. The molecule has 1 fully saturated rings. The Morgan fingerprint density at radius 2 is 1.80 bits per heavy atom. The van der Waals surface area contributed by atoms with E-state index in [4.69, 9.17) is 18.9 Å². The highest BCUT2D eigenvalue weighted by atomic mass is 16.7. The van der Waals surface area contributed by atoms with Crippen LogP contribution in [0.25, 0.3) is 22.5 Å². The van der Waals surface area contributed by atoms with Crippen LogP contribution in [0.4, 0.5) is 0 Å². The Balaban J connectivity index is 1.43. The van der Waals surface area contributed by atoms with Crippen LogP contribution in [0, 0.1) is 0 Å². The highest BCUT2D eigenvalue weighted by molar-refractivity contribution is 5.77. The molecule has 3 aromatic rings. The molecule has 7 nitrogen and oxygen atoms in total. The Morgan fingerprint density at radius 3 is 2.67 bits per heavy atom. The van der Waals surface area contributed by atoms with Gasteiger partial charge in [-0.05, 0) is 35.9 Å². The molecule has 156 valence electrons. The van der Waals surface area contributed by atoms with E-state index in [1.807, 2.05) is 36.7 Å². The van der Waals surface area contributed by atoms with Crippen LogP contribution >= 0.6 is 0 Å². The van der Waals surface area contributed by atoms with Crippen LogP contribution in [0.3, 0.4) is 0 Å². The summed E-state index contributed by atoms with van der Waals surface area (Å²) in [6.07, 6.45) is 3.90. The third-order valence-corrected chi connectivity index (χ3v) is 5.62. The Morgan fingerprint density at radius 1 is 0.967 bits per heavy atom. The van der Waals surface area contributed by atoms with Crippen molar-refractivity contribution in [1.29, 1.82) is 0 Å². The van der Waals surface area contributed by atoms with Crippen molar-refractivity contribution < 1.29 is 18.9 Å². The molecule has 30 heavy (non-hydrogen) atoms. The molecule has 0 spiro atoms. The lowest BCUT2D eigenvalue weighted by molar-refractivity contribution is 0.0364. The molecule has 0 atom stereocenters. The highest BCUT2D eigenvalue weighted by Gasteiger charge is 2.17. The average Bonchev–Trinajstić information content (AvgIpc) is 3.47. The SMILES string of the molecule is COc1ccc(-c2nccn2CCN2CCOCC2)cc1-c1ccc2c(c1)OCO2. The Labute approximate surface area is 175 Å². The van der Waals surface area contributed by atoms with Crippen molar-refractivity contribution in [3.63, 3.8) is 0 Å². The zero-order valence-electron chi connectivity index (χ0n) is 17.0. The van der Waals surface area contributed by atoms with E-state index < -0.39 is 0 Å². The number of hydrogen-bond donors (Lipinski definition) is 0. The molecule has 2 aliphatic rings. The first-order chi connectivity index (χ1) is 14.8. The monoisotopic (exact) mass is 407 g/mol. The second-order valence-corrected chi connectivity index (χ2v) is 7.38. The number of hydrogen-bond acceptors (Lipinski definition) is 6. The maximum absolute atomic E-state index is 5.63. The lowest BCUT2D eigenvalue weighted by atomic mass is 10.0. The van der Waals surface area contributed by atoms with Crippen LogP contribution in [0.5, 0.6) is 17.2 Å². The van der Waals surface area contributed by atoms with Gasteiger partial charge in [-0.2, -0.15) is 0 Å². The van der Waals surface area contributed by atoms with E-state index in [1.54, 1.807) is 7.11 Å². The number of aromatic nitrogens is 2. The van der Waals surface area contributed by atoms with Crippen LogP contribution in [0.15, 0.2) is 48.8 Å². The molecule has 0 unspecified atom stereocenters. The van der Waals surface area contributed by atoms with Gasteiger partial charge in [0.15, 0.2) is 11.5 Å². The summed E-state index contributed by atoms with van der Waals surface area (Å²) in [4.78, 5) is 7.06. The van der Waals surface area contributed by atoms with Crippen molar-refractivity contribution in [2.24, 2.45) is 0 Å². The fraction of sp³-hybridized carbons (Fsp3) is 0.348. The average molecular weight is 407 g/mol. The first-order valence-corrected chi connectivity index (χ1v) is 10.2. The van der Waals surface area contributed by atoms with Crippen molar-refractivity contribution in [2.75, 3.05) is 46.8 Å². The van der Waals surface area contributed by atoms with Gasteiger partial charge in [0, 0.05) is 49.7 Å². The molecular formula is C23H25N3O4. The summed E-state index contributed by atoms with van der Waals surface area (Å²) in [5, 5.41) is 0. The van der Waals surface area contributed by atoms with Gasteiger partial charge in [-0.15, -0.1) is 0 Å². The first kappa shape index (κ1) is 19.0. The molecule has 0 N–H and O–H groups in total. The van der Waals surface area contributed by atoms with E-state index in [0.29, 0.717) is 0 Å². The van der Waals surface area contributed by atoms with E-state index in [2.05, 4.69) is 26.6 Å². The lowest BCUT2D eigenvalue weighted by Crippen LogP contribution is -2.38. The molecule has 0 aliphatic carbocycles. The van der Waals surface area contributed by atoms with Crippen LogP contribution < -0.4 is 14.2 Å². The molecule has 0 bridgehead atoms. The number of ether oxygens (including phenoxy) is 4. The third-order valence-electron chi connectivity index (χ3n) is 5.62. The molecule has 0 amide bonds. The van der Waals surface area contributed by atoms with Crippen molar-refractivity contribution >= 4 is 0 Å². The van der Waals surface area contributed by atoms with Gasteiger partial charge in [-0.25, -0.2) is 4.98 Å². The van der Waals surface area contributed by atoms with E-state index in [9.17, 15) is 0 Å². The molecule has 0 radical (unpaired) electrons. The fourth-order valence-electron chi connectivity index (χ4n) is 3.96. The molecular weight excluding hydrogens is 382 g/mol. The van der Waals surface area contributed by atoms with Crippen LogP contribution in [0.2, 0.25) is 0 Å². The summed E-state index contributed by atoms with van der Waals surface area (Å²) in [6, 6.07) is 12.1. The summed E-state index contributed by atoms with van der Waals surface area (Å²) >= 11 is 0. The Bertz CT molecular complexity index is 1030. The van der Waals surface area contributed by atoms with Crippen LogP contribution in [-0.4, -0.2) is 61.2 Å². The topological polar surface area (TPSA) is 58.0 Å². The van der Waals surface area contributed by atoms with E-state index >= 15 is 0 Å². The zero-order chi connectivity index (χ0) is 20.3. The minimum Gasteiger partial charge on any atom is -0.496 e. The molecule has 5 rings (SSSR count). The number of nitrogens with zero attached hydrogens (tertiary/aromatic N) is 3. The molecule has 7 heteroatoms. The van der Waals surface area contributed by atoms with Gasteiger partial charge >= 0.3 is 0 Å². The van der Waals surface area contributed by atoms with Crippen molar-refractivity contribution in [3.05, 3.63) is 48.8 Å². The molecule has 1 aromatic heterocycles. The largest absolute Gasteiger partial charge is 0.496 e. The smallest absolute Gasteiger partial charge is 0.231 e. The third kappa shape index (κ3) is 3.74. The second-order valence-electron chi connectivity index (χ2n) is 7.38. The molecule has 0 saturated carbocycles. The zero-order valence-corrected chi connectivity index (χ0v) is 17.0. The normalized spacial score (nSPS) is 16.0. The maximum atomic E-state index is 5.63. The van der Waals surface area contributed by atoms with E-state index in [1.165, 1.54) is 0 Å². The van der Waals surface area contributed by atoms with Gasteiger partial charge < -0.3 is 23.5 Å². The predicted octanol–water partition coefficient (Wildman–Crippen LogP) is 3.29. The highest BCUT2D eigenvalue weighted by Crippen LogP contribution is 2.40. The van der Waals surface area contributed by atoms with Gasteiger partial charge in [0.1, 0.15) is 11.6 Å². The second kappa shape index (κ2) is 8.38. The fourth-order valence-corrected chi connectivity index (χ4v) is 3.96. The Hall–Kier alpha value is -3.03. The quantitative estimate of drug-likeness (QED) is 0.625. The molecule has 2 aromatic carbocycles. The van der Waals surface area contributed by atoms with Gasteiger partial charge in [-0.1, -0.05) is 6.07 Å². The minimum absolute atomic E-state index is 0.260. The molecule has 3 heterocycles. The van der Waals surface area contributed by atoms with Gasteiger partial charge in [-0.3, -0.25) is 4.90 Å². The summed E-state index contributed by atoms with van der Waals surface area (Å²) in [5.41, 5.74) is 3.07. The van der Waals surface area contributed by atoms with Crippen LogP contribution in [-0.2, 0) is 11.3 Å². The summed E-state index contributed by atoms with van der Waals surface area (Å²) < 4.78 is 24.3. The first-order valence-electron chi connectivity index (χ1n) is 10.2. The minimum atomic E-state index is 0.260. The van der Waals surface area contributed by atoms with Crippen molar-refractivity contribution in [3.8, 4) is 39.8 Å². The molecule has 2 aliphatic heterocycles. The van der Waals surface area contributed by atoms with E-state index in [0.717, 1.165) is 79.2 Å². The van der Waals surface area contributed by atoms with Gasteiger partial charge in [0.25, 0.3) is 0 Å². The van der Waals surface area contributed by atoms with Gasteiger partial charge in [0.2, 0.25) is 6.79 Å². The number of methoxy groups -OCH3 is 1. The number of imidazole rings is 1. The Kier molecular flexibility index (Phi) is 5.29. The summed E-state index contributed by atoms with van der Waals surface area (Å²) in [7, 11) is 1.69. The number of benzene rings is 2. The summed E-state index contributed by atoms with van der Waals surface area (Å²) in [5.74, 6) is 3.29. The standard InChI is InChI=1S/C23H25N3O4/c1-27-20-4-3-18(14-19(20)17-2-5-21-22(15-17)30-16-29-21)23-24-6-7-26(23)9-8-25-10-12-28-13-11-25/h2-7,14-15H,8-13,16H2,1H3. The van der Waals surface area contributed by atoms with Crippen molar-refractivity contribution in [1.82, 2.24) is 14.5 Å².